The van der Waals surface area contributed by atoms with E-state index in [4.69, 9.17) is 16.7 Å². The number of benzene rings is 1. The highest BCUT2D eigenvalue weighted by molar-refractivity contribution is 6.31. The third-order valence-electron chi connectivity index (χ3n) is 2.93. The van der Waals surface area contributed by atoms with Crippen molar-refractivity contribution < 1.29 is 14.7 Å². The number of rotatable bonds is 4. The summed E-state index contributed by atoms with van der Waals surface area (Å²) in [6, 6.07) is 5.85. The molecule has 0 aliphatic heterocycles. The van der Waals surface area contributed by atoms with Crippen LogP contribution in [-0.4, -0.2) is 26.8 Å². The van der Waals surface area contributed by atoms with Crippen LogP contribution in [0.15, 0.2) is 24.3 Å². The normalized spacial score (nSPS) is 10.4. The van der Waals surface area contributed by atoms with Crippen LogP contribution in [0.5, 0.6) is 0 Å². The number of halogens is 1. The van der Waals surface area contributed by atoms with Crippen LogP contribution < -0.4 is 5.32 Å². The zero-order valence-corrected chi connectivity index (χ0v) is 12.3. The van der Waals surface area contributed by atoms with E-state index in [-0.39, 0.29) is 16.5 Å². The van der Waals surface area contributed by atoms with Gasteiger partial charge in [0.2, 0.25) is 0 Å². The third-order valence-corrected chi connectivity index (χ3v) is 3.15. The molecule has 1 heterocycles. The molecule has 0 bridgehead atoms. The average molecular weight is 308 g/mol. The lowest BCUT2D eigenvalue weighted by Gasteiger charge is -2.07. The summed E-state index contributed by atoms with van der Waals surface area (Å²) in [7, 11) is 1.68. The van der Waals surface area contributed by atoms with Gasteiger partial charge in [0.1, 0.15) is 5.69 Å². The van der Waals surface area contributed by atoms with Gasteiger partial charge < -0.3 is 10.4 Å². The smallest absolute Gasteiger partial charge is 0.335 e. The molecular weight excluding hydrogens is 294 g/mol. The van der Waals surface area contributed by atoms with E-state index < -0.39 is 5.97 Å². The zero-order chi connectivity index (χ0) is 15.6. The molecule has 2 aromatic rings. The average Bonchev–Trinajstić information content (AvgIpc) is 2.79. The molecule has 21 heavy (non-hydrogen) atoms. The van der Waals surface area contributed by atoms with Crippen LogP contribution in [0.2, 0.25) is 5.02 Å². The van der Waals surface area contributed by atoms with E-state index in [2.05, 4.69) is 10.4 Å². The van der Waals surface area contributed by atoms with Gasteiger partial charge in [-0.25, -0.2) is 4.79 Å². The lowest BCUT2D eigenvalue weighted by molar-refractivity contribution is 0.0696. The number of aromatic nitrogens is 2. The first-order valence-electron chi connectivity index (χ1n) is 6.29. The number of nitrogens with zero attached hydrogens (tertiary/aromatic N) is 2. The zero-order valence-electron chi connectivity index (χ0n) is 11.6. The topological polar surface area (TPSA) is 84.2 Å². The Labute approximate surface area is 126 Å². The molecule has 0 atom stereocenters. The number of carbonyl (C=O) groups excluding carboxylic acids is 1. The lowest BCUT2D eigenvalue weighted by atomic mass is 10.2. The van der Waals surface area contributed by atoms with Crippen LogP contribution in [0.1, 0.15) is 33.5 Å². The van der Waals surface area contributed by atoms with Gasteiger partial charge in [-0.05, 0) is 30.7 Å². The van der Waals surface area contributed by atoms with E-state index in [0.29, 0.717) is 11.4 Å². The Balaban J connectivity index is 2.26. The van der Waals surface area contributed by atoms with Crippen LogP contribution in [0.25, 0.3) is 0 Å². The fraction of sp³-hybridized carbons (Fsp3) is 0.214. The molecule has 1 aromatic heterocycles. The summed E-state index contributed by atoms with van der Waals surface area (Å²) in [4.78, 5) is 23.2. The minimum absolute atomic E-state index is 0.0112. The fourth-order valence-corrected chi connectivity index (χ4v) is 2.13. The number of carbonyl (C=O) groups is 2. The van der Waals surface area contributed by atoms with Gasteiger partial charge in [0.15, 0.2) is 0 Å². The Morgan fingerprint density at radius 2 is 2.05 bits per heavy atom. The van der Waals surface area contributed by atoms with Gasteiger partial charge in [-0.3, -0.25) is 9.48 Å². The number of anilines is 1. The first-order chi connectivity index (χ1) is 9.90. The molecule has 0 aliphatic rings. The molecule has 0 saturated heterocycles. The molecule has 2 N–H and O–H groups in total. The van der Waals surface area contributed by atoms with Gasteiger partial charge in [0.25, 0.3) is 5.91 Å². The van der Waals surface area contributed by atoms with E-state index in [0.717, 1.165) is 12.1 Å². The van der Waals surface area contributed by atoms with Crippen molar-refractivity contribution in [2.24, 2.45) is 7.05 Å². The van der Waals surface area contributed by atoms with Gasteiger partial charge >= 0.3 is 5.97 Å². The quantitative estimate of drug-likeness (QED) is 0.909. The molecule has 0 fully saturated rings. The number of amides is 1. The molecule has 2 rings (SSSR count). The SMILES string of the molecule is CCc1cc(C(=O)Nc2cc(Cl)cc(C(=O)O)c2)n(C)n1. The van der Waals surface area contributed by atoms with Crippen LogP contribution in [-0.2, 0) is 13.5 Å². The van der Waals surface area contributed by atoms with E-state index in [1.807, 2.05) is 6.92 Å². The maximum absolute atomic E-state index is 12.2. The number of hydrogen-bond acceptors (Lipinski definition) is 3. The van der Waals surface area contributed by atoms with Crippen molar-refractivity contribution in [3.63, 3.8) is 0 Å². The Morgan fingerprint density at radius 1 is 1.33 bits per heavy atom. The van der Waals surface area contributed by atoms with Crippen LogP contribution in [0, 0.1) is 0 Å². The third kappa shape index (κ3) is 3.41. The predicted octanol–water partition coefficient (Wildman–Crippen LogP) is 2.59. The maximum atomic E-state index is 12.2. The summed E-state index contributed by atoms with van der Waals surface area (Å²) >= 11 is 5.85. The lowest BCUT2D eigenvalue weighted by Crippen LogP contribution is -2.16. The summed E-state index contributed by atoms with van der Waals surface area (Å²) in [6.07, 6.45) is 0.724. The molecule has 1 amide bonds. The second kappa shape index (κ2) is 5.97. The van der Waals surface area contributed by atoms with Crippen LogP contribution in [0.3, 0.4) is 0 Å². The van der Waals surface area contributed by atoms with E-state index in [1.54, 1.807) is 13.1 Å². The molecule has 0 spiro atoms. The standard InChI is InChI=1S/C14H14ClN3O3/c1-3-10-7-12(18(2)17-10)13(19)16-11-5-8(14(20)21)4-9(15)6-11/h4-7H,3H2,1-2H3,(H,16,19)(H,20,21). The number of nitrogens with one attached hydrogen (secondary N) is 1. The number of hydrogen-bond donors (Lipinski definition) is 2. The van der Waals surface area contributed by atoms with Crippen molar-refractivity contribution in [1.82, 2.24) is 9.78 Å². The second-order valence-corrected chi connectivity index (χ2v) is 4.92. The van der Waals surface area contributed by atoms with Crippen molar-refractivity contribution in [2.45, 2.75) is 13.3 Å². The molecule has 0 aliphatic carbocycles. The molecule has 0 saturated carbocycles. The highest BCUT2D eigenvalue weighted by Crippen LogP contribution is 2.20. The van der Waals surface area contributed by atoms with Crippen molar-refractivity contribution in [3.8, 4) is 0 Å². The number of carboxylic acid groups (broad SMARTS) is 1. The Kier molecular flexibility index (Phi) is 4.28. The monoisotopic (exact) mass is 307 g/mol. The second-order valence-electron chi connectivity index (χ2n) is 4.49. The Bertz CT molecular complexity index is 709. The van der Waals surface area contributed by atoms with Crippen LogP contribution in [0.4, 0.5) is 5.69 Å². The largest absolute Gasteiger partial charge is 0.478 e. The van der Waals surface area contributed by atoms with E-state index >= 15 is 0 Å². The van der Waals surface area contributed by atoms with Gasteiger partial charge in [0.05, 0.1) is 11.3 Å². The fourth-order valence-electron chi connectivity index (χ4n) is 1.89. The first-order valence-corrected chi connectivity index (χ1v) is 6.66. The molecule has 110 valence electrons. The maximum Gasteiger partial charge on any atom is 0.335 e. The van der Waals surface area contributed by atoms with Gasteiger partial charge in [0, 0.05) is 17.8 Å². The molecule has 0 radical (unpaired) electrons. The van der Waals surface area contributed by atoms with Crippen molar-refractivity contribution in [2.75, 3.05) is 5.32 Å². The van der Waals surface area contributed by atoms with Gasteiger partial charge in [-0.2, -0.15) is 5.10 Å². The predicted molar refractivity (Wildman–Crippen MR) is 79.0 cm³/mol. The first kappa shape index (κ1) is 15.1. The summed E-state index contributed by atoms with van der Waals surface area (Å²) in [5, 5.41) is 16.0. The molecule has 7 heteroatoms. The summed E-state index contributed by atoms with van der Waals surface area (Å²) in [5.41, 5.74) is 1.53. The van der Waals surface area contributed by atoms with E-state index in [1.165, 1.54) is 22.9 Å². The summed E-state index contributed by atoms with van der Waals surface area (Å²) in [6.45, 7) is 1.94. The summed E-state index contributed by atoms with van der Waals surface area (Å²) in [5.74, 6) is -1.48. The van der Waals surface area contributed by atoms with Crippen molar-refractivity contribution in [3.05, 3.63) is 46.2 Å². The minimum Gasteiger partial charge on any atom is -0.478 e. The Hall–Kier alpha value is -2.34. The highest BCUT2D eigenvalue weighted by atomic mass is 35.5. The van der Waals surface area contributed by atoms with E-state index in [9.17, 15) is 9.59 Å². The van der Waals surface area contributed by atoms with Crippen molar-refractivity contribution in [1.29, 1.82) is 0 Å². The number of aromatic carboxylic acids is 1. The molecule has 6 nitrogen and oxygen atoms in total. The highest BCUT2D eigenvalue weighted by Gasteiger charge is 2.14. The Morgan fingerprint density at radius 3 is 2.62 bits per heavy atom. The molecule has 1 aromatic carbocycles. The van der Waals surface area contributed by atoms with Crippen molar-refractivity contribution >= 4 is 29.2 Å². The van der Waals surface area contributed by atoms with Gasteiger partial charge in [-0.15, -0.1) is 0 Å². The number of carboxylic acids is 1. The summed E-state index contributed by atoms with van der Waals surface area (Å²) < 4.78 is 1.48. The minimum atomic E-state index is -1.11. The molecular formula is C14H14ClN3O3. The molecule has 0 unspecified atom stereocenters. The number of aryl methyl sites for hydroxylation is 2. The van der Waals surface area contributed by atoms with Crippen LogP contribution >= 0.6 is 11.6 Å². The van der Waals surface area contributed by atoms with Gasteiger partial charge in [-0.1, -0.05) is 18.5 Å².